The molecule has 1 aromatic carbocycles. The predicted octanol–water partition coefficient (Wildman–Crippen LogP) is 1.74. The van der Waals surface area contributed by atoms with Crippen molar-refractivity contribution in [3.63, 3.8) is 0 Å². The molecule has 0 aliphatic rings. The minimum Gasteiger partial charge on any atom is -0.492 e. The van der Waals surface area contributed by atoms with Gasteiger partial charge in [-0.25, -0.2) is 4.39 Å². The van der Waals surface area contributed by atoms with E-state index in [1.807, 2.05) is 0 Å². The lowest BCUT2D eigenvalue weighted by Gasteiger charge is -2.06. The normalized spacial score (nSPS) is 10.0. The molecule has 14 heavy (non-hydrogen) atoms. The lowest BCUT2D eigenvalue weighted by molar-refractivity contribution is 0.100. The van der Waals surface area contributed by atoms with E-state index in [2.05, 4.69) is 15.9 Å². The monoisotopic (exact) mass is 261 g/mol. The highest BCUT2D eigenvalue weighted by Gasteiger charge is 2.12. The molecule has 0 heterocycles. The van der Waals surface area contributed by atoms with Gasteiger partial charge in [0.15, 0.2) is 17.3 Å². The number of carbonyl (C=O) groups excluding carboxylic acids is 1. The summed E-state index contributed by atoms with van der Waals surface area (Å²) < 4.78 is 18.4. The van der Waals surface area contributed by atoms with Crippen LogP contribution >= 0.6 is 15.9 Å². The van der Waals surface area contributed by atoms with E-state index in [0.29, 0.717) is 4.47 Å². The Hall–Kier alpha value is -0.940. The van der Waals surface area contributed by atoms with Gasteiger partial charge < -0.3 is 10.5 Å². The van der Waals surface area contributed by atoms with E-state index in [1.165, 1.54) is 13.2 Å². The van der Waals surface area contributed by atoms with Crippen LogP contribution in [0.5, 0.6) is 5.75 Å². The van der Waals surface area contributed by atoms with Gasteiger partial charge in [0, 0.05) is 5.56 Å². The second kappa shape index (κ2) is 4.52. The Kier molecular flexibility index (Phi) is 3.60. The van der Waals surface area contributed by atoms with E-state index >= 15 is 0 Å². The van der Waals surface area contributed by atoms with Gasteiger partial charge in [-0.05, 0) is 28.1 Å². The lowest BCUT2D eigenvalue weighted by atomic mass is 10.1. The van der Waals surface area contributed by atoms with Gasteiger partial charge in [0.05, 0.1) is 18.1 Å². The molecule has 3 nitrogen and oxygen atoms in total. The summed E-state index contributed by atoms with van der Waals surface area (Å²) in [4.78, 5) is 11.2. The first-order valence-corrected chi connectivity index (χ1v) is 4.65. The molecule has 0 saturated heterocycles. The molecule has 1 aromatic rings. The van der Waals surface area contributed by atoms with Gasteiger partial charge in [0.2, 0.25) is 0 Å². The molecule has 1 rings (SSSR count). The van der Waals surface area contributed by atoms with E-state index < -0.39 is 5.82 Å². The summed E-state index contributed by atoms with van der Waals surface area (Å²) in [5.74, 6) is -0.815. The van der Waals surface area contributed by atoms with Gasteiger partial charge in [0.25, 0.3) is 0 Å². The third-order valence-electron chi connectivity index (χ3n) is 1.71. The first-order valence-electron chi connectivity index (χ1n) is 3.86. The summed E-state index contributed by atoms with van der Waals surface area (Å²) in [7, 11) is 1.35. The number of ketones is 1. The molecule has 0 aliphatic carbocycles. The highest BCUT2D eigenvalue weighted by atomic mass is 79.9. The van der Waals surface area contributed by atoms with Crippen molar-refractivity contribution in [1.82, 2.24) is 0 Å². The molecule has 0 spiro atoms. The number of benzene rings is 1. The third-order valence-corrected chi connectivity index (χ3v) is 2.30. The summed E-state index contributed by atoms with van der Waals surface area (Å²) >= 11 is 3.10. The van der Waals surface area contributed by atoms with Crippen molar-refractivity contribution >= 4 is 21.7 Å². The quantitative estimate of drug-likeness (QED) is 0.844. The van der Waals surface area contributed by atoms with Gasteiger partial charge in [0.1, 0.15) is 0 Å². The maximum Gasteiger partial charge on any atom is 0.176 e. The molecule has 0 saturated carbocycles. The van der Waals surface area contributed by atoms with Crippen LogP contribution in [-0.4, -0.2) is 19.4 Å². The van der Waals surface area contributed by atoms with Gasteiger partial charge in [-0.1, -0.05) is 0 Å². The van der Waals surface area contributed by atoms with Gasteiger partial charge in [-0.15, -0.1) is 0 Å². The molecule has 0 aromatic heterocycles. The fourth-order valence-electron chi connectivity index (χ4n) is 1.03. The number of hydrogen-bond donors (Lipinski definition) is 1. The van der Waals surface area contributed by atoms with Crippen molar-refractivity contribution in [2.45, 2.75) is 0 Å². The van der Waals surface area contributed by atoms with Crippen LogP contribution in [-0.2, 0) is 0 Å². The number of hydrogen-bond acceptors (Lipinski definition) is 3. The zero-order valence-corrected chi connectivity index (χ0v) is 9.10. The second-order valence-corrected chi connectivity index (χ2v) is 3.45. The van der Waals surface area contributed by atoms with Crippen LogP contribution in [0.3, 0.4) is 0 Å². The predicted molar refractivity (Wildman–Crippen MR) is 54.0 cm³/mol. The number of rotatable bonds is 3. The first-order chi connectivity index (χ1) is 6.60. The van der Waals surface area contributed by atoms with Crippen molar-refractivity contribution in [3.05, 3.63) is 28.0 Å². The summed E-state index contributed by atoms with van der Waals surface area (Å²) in [6, 6.07) is 2.59. The topological polar surface area (TPSA) is 52.3 Å². The highest BCUT2D eigenvalue weighted by molar-refractivity contribution is 9.10. The summed E-state index contributed by atoms with van der Waals surface area (Å²) in [5.41, 5.74) is 5.39. The SMILES string of the molecule is COc1c(F)cc(C(=O)CN)cc1Br. The maximum absolute atomic E-state index is 13.3. The largest absolute Gasteiger partial charge is 0.492 e. The zero-order chi connectivity index (χ0) is 10.7. The fourth-order valence-corrected chi connectivity index (χ4v) is 1.63. The van der Waals surface area contributed by atoms with E-state index in [4.69, 9.17) is 10.5 Å². The van der Waals surface area contributed by atoms with Crippen molar-refractivity contribution in [2.75, 3.05) is 13.7 Å². The fraction of sp³-hybridized carbons (Fsp3) is 0.222. The van der Waals surface area contributed by atoms with Gasteiger partial charge >= 0.3 is 0 Å². The van der Waals surface area contributed by atoms with Gasteiger partial charge in [-0.3, -0.25) is 4.79 Å². The van der Waals surface area contributed by atoms with Crippen molar-refractivity contribution in [3.8, 4) is 5.75 Å². The molecule has 0 unspecified atom stereocenters. The number of Topliss-reactive ketones (excluding diaryl/α,β-unsaturated/α-hetero) is 1. The van der Waals surface area contributed by atoms with E-state index in [9.17, 15) is 9.18 Å². The number of halogens is 2. The minimum absolute atomic E-state index is 0.0820. The average molecular weight is 262 g/mol. The second-order valence-electron chi connectivity index (χ2n) is 2.60. The molecule has 0 bridgehead atoms. The molecule has 2 N–H and O–H groups in total. The van der Waals surface area contributed by atoms with E-state index in [0.717, 1.165) is 6.07 Å². The number of ether oxygens (including phenoxy) is 1. The average Bonchev–Trinajstić information content (AvgIpc) is 2.16. The Morgan fingerprint density at radius 3 is 2.71 bits per heavy atom. The Balaban J connectivity index is 3.20. The Morgan fingerprint density at radius 2 is 2.29 bits per heavy atom. The van der Waals surface area contributed by atoms with Crippen molar-refractivity contribution in [2.24, 2.45) is 5.73 Å². The zero-order valence-electron chi connectivity index (χ0n) is 7.51. The molecule has 0 amide bonds. The van der Waals surface area contributed by atoms with Crippen molar-refractivity contribution in [1.29, 1.82) is 0 Å². The number of methoxy groups -OCH3 is 1. The van der Waals surface area contributed by atoms with Crippen molar-refractivity contribution < 1.29 is 13.9 Å². The summed E-state index contributed by atoms with van der Waals surface area (Å²) in [5, 5.41) is 0. The van der Waals surface area contributed by atoms with Crippen LogP contribution in [0.4, 0.5) is 4.39 Å². The minimum atomic E-state index is -0.585. The summed E-state index contributed by atoms with van der Waals surface area (Å²) in [6.45, 7) is -0.141. The molecule has 76 valence electrons. The Labute approximate surface area is 89.2 Å². The first kappa shape index (κ1) is 11.1. The van der Waals surface area contributed by atoms with Crippen LogP contribution in [0.1, 0.15) is 10.4 Å². The molecule has 5 heteroatoms. The van der Waals surface area contributed by atoms with Crippen LogP contribution in [0.2, 0.25) is 0 Å². The Morgan fingerprint density at radius 1 is 1.64 bits per heavy atom. The van der Waals surface area contributed by atoms with E-state index in [-0.39, 0.29) is 23.6 Å². The lowest BCUT2D eigenvalue weighted by Crippen LogP contribution is -2.13. The molecule has 0 aliphatic heterocycles. The van der Waals surface area contributed by atoms with Crippen LogP contribution in [0.15, 0.2) is 16.6 Å². The third kappa shape index (κ3) is 2.10. The molecule has 0 radical (unpaired) electrons. The smallest absolute Gasteiger partial charge is 0.176 e. The maximum atomic E-state index is 13.3. The van der Waals surface area contributed by atoms with E-state index in [1.54, 1.807) is 0 Å². The standard InChI is InChI=1S/C9H9BrFNO2/c1-14-9-6(10)2-5(3-7(9)11)8(13)4-12/h2-3H,4,12H2,1H3. The number of carbonyl (C=O) groups is 1. The number of nitrogens with two attached hydrogens (primary N) is 1. The van der Waals surface area contributed by atoms with Crippen LogP contribution in [0, 0.1) is 5.82 Å². The van der Waals surface area contributed by atoms with Crippen LogP contribution in [0.25, 0.3) is 0 Å². The molecule has 0 fully saturated rings. The Bertz CT molecular complexity index is 345. The molecular weight excluding hydrogens is 253 g/mol. The molecule has 0 atom stereocenters. The molecular formula is C9H9BrFNO2. The van der Waals surface area contributed by atoms with Gasteiger partial charge in [-0.2, -0.15) is 0 Å². The summed E-state index contributed by atoms with van der Waals surface area (Å²) in [6.07, 6.45) is 0. The highest BCUT2D eigenvalue weighted by Crippen LogP contribution is 2.29. The van der Waals surface area contributed by atoms with Crippen LogP contribution < -0.4 is 10.5 Å².